The van der Waals surface area contributed by atoms with Crippen LogP contribution in [-0.2, 0) is 4.79 Å². The molecule has 2 aromatic carbocycles. The van der Waals surface area contributed by atoms with Crippen LogP contribution in [0.4, 0.5) is 5.69 Å². The normalized spacial score (nSPS) is 11.0. The molecule has 0 fully saturated rings. The van der Waals surface area contributed by atoms with E-state index >= 15 is 0 Å². The molecule has 2 N–H and O–H groups in total. The minimum atomic E-state index is 0.479. The molecule has 0 atom stereocenters. The van der Waals surface area contributed by atoms with Crippen LogP contribution in [-0.4, -0.2) is 26.2 Å². The molecule has 124 valence electrons. The quantitative estimate of drug-likeness (QED) is 0.547. The average Bonchev–Trinajstić information content (AvgIpc) is 3.17. The van der Waals surface area contributed by atoms with E-state index in [0.29, 0.717) is 28.6 Å². The lowest BCUT2D eigenvalue weighted by Crippen LogP contribution is -1.95. The zero-order valence-electron chi connectivity index (χ0n) is 13.3. The first-order valence-electron chi connectivity index (χ1n) is 7.69. The summed E-state index contributed by atoms with van der Waals surface area (Å²) >= 11 is 6.60. The predicted molar refractivity (Wildman–Crippen MR) is 98.1 cm³/mol. The maximum Gasteiger partial charge on any atom is 0.211 e. The summed E-state index contributed by atoms with van der Waals surface area (Å²) in [4.78, 5) is 18.6. The van der Waals surface area contributed by atoms with Crippen LogP contribution < -0.4 is 5.32 Å². The Balaban J connectivity index is 1.88. The molecule has 2 heterocycles. The van der Waals surface area contributed by atoms with Crippen LogP contribution in [0.1, 0.15) is 5.69 Å². The van der Waals surface area contributed by atoms with E-state index in [1.165, 1.54) is 0 Å². The molecular weight excluding hydrogens is 338 g/mol. The number of nitrogens with zero attached hydrogens (tertiary/aromatic N) is 3. The van der Waals surface area contributed by atoms with E-state index in [9.17, 15) is 4.79 Å². The van der Waals surface area contributed by atoms with E-state index in [2.05, 4.69) is 20.4 Å². The van der Waals surface area contributed by atoms with Gasteiger partial charge in [0.15, 0.2) is 0 Å². The van der Waals surface area contributed by atoms with Crippen LogP contribution in [0.5, 0.6) is 0 Å². The van der Waals surface area contributed by atoms with E-state index in [1.807, 2.05) is 49.4 Å². The smallest absolute Gasteiger partial charge is 0.211 e. The number of hydrogen-bond acceptors (Lipinski definition) is 3. The molecule has 0 unspecified atom stereocenters. The van der Waals surface area contributed by atoms with Crippen molar-refractivity contribution in [1.29, 1.82) is 0 Å². The molecule has 4 aromatic rings. The molecule has 0 aliphatic carbocycles. The van der Waals surface area contributed by atoms with Gasteiger partial charge in [0.25, 0.3) is 0 Å². The van der Waals surface area contributed by atoms with Gasteiger partial charge in [0.1, 0.15) is 16.5 Å². The fourth-order valence-corrected chi connectivity index (χ4v) is 3.20. The van der Waals surface area contributed by atoms with Gasteiger partial charge >= 0.3 is 0 Å². The molecule has 0 aliphatic rings. The predicted octanol–water partition coefficient (Wildman–Crippen LogP) is 3.95. The van der Waals surface area contributed by atoms with Crippen LogP contribution in [0, 0.1) is 6.92 Å². The van der Waals surface area contributed by atoms with Crippen LogP contribution in [0.2, 0.25) is 5.15 Å². The van der Waals surface area contributed by atoms with E-state index < -0.39 is 0 Å². The molecule has 4 rings (SSSR count). The third-order valence-electron chi connectivity index (χ3n) is 3.97. The van der Waals surface area contributed by atoms with E-state index in [0.717, 1.165) is 22.5 Å². The zero-order valence-corrected chi connectivity index (χ0v) is 14.1. The number of aromatic nitrogens is 4. The topological polar surface area (TPSA) is 75.6 Å². The monoisotopic (exact) mass is 351 g/mol. The summed E-state index contributed by atoms with van der Waals surface area (Å²) in [6, 6.07) is 15.2. The third kappa shape index (κ3) is 2.56. The second-order valence-corrected chi connectivity index (χ2v) is 5.91. The van der Waals surface area contributed by atoms with Gasteiger partial charge in [0.05, 0.1) is 28.1 Å². The van der Waals surface area contributed by atoms with Crippen molar-refractivity contribution >= 4 is 34.7 Å². The van der Waals surface area contributed by atoms with Gasteiger partial charge in [0, 0.05) is 0 Å². The number of fused-ring (bicyclic) bond motifs is 1. The summed E-state index contributed by atoms with van der Waals surface area (Å²) in [5.41, 5.74) is 4.49. The van der Waals surface area contributed by atoms with Crippen molar-refractivity contribution in [2.24, 2.45) is 0 Å². The lowest BCUT2D eigenvalue weighted by atomic mass is 10.2. The van der Waals surface area contributed by atoms with Gasteiger partial charge in [-0.15, -0.1) is 0 Å². The van der Waals surface area contributed by atoms with Gasteiger partial charge in [-0.1, -0.05) is 35.9 Å². The highest BCUT2D eigenvalue weighted by atomic mass is 35.5. The second-order valence-electron chi connectivity index (χ2n) is 5.55. The Morgan fingerprint density at radius 2 is 1.96 bits per heavy atom. The Labute approximate surface area is 148 Å². The highest BCUT2D eigenvalue weighted by Crippen LogP contribution is 2.33. The first kappa shape index (κ1) is 15.4. The number of anilines is 1. The maximum atomic E-state index is 10.8. The van der Waals surface area contributed by atoms with E-state index in [-0.39, 0.29) is 0 Å². The number of imidazole rings is 1. The number of carbonyl (C=O) groups excluding carboxylic acids is 1. The molecule has 0 aliphatic heterocycles. The van der Waals surface area contributed by atoms with Crippen molar-refractivity contribution in [2.45, 2.75) is 6.92 Å². The Hall–Kier alpha value is -3.12. The van der Waals surface area contributed by atoms with Gasteiger partial charge in [-0.2, -0.15) is 5.10 Å². The largest absolute Gasteiger partial charge is 0.338 e. The fraction of sp³-hybridized carbons (Fsp3) is 0.0556. The number of halogens is 1. The number of benzene rings is 2. The number of carbonyl (C=O) groups is 1. The molecule has 1 amide bonds. The Morgan fingerprint density at radius 3 is 2.72 bits per heavy atom. The van der Waals surface area contributed by atoms with Crippen molar-refractivity contribution in [2.75, 3.05) is 5.32 Å². The number of amides is 1. The molecule has 6 nitrogen and oxygen atoms in total. The summed E-state index contributed by atoms with van der Waals surface area (Å²) in [7, 11) is 0. The molecule has 0 spiro atoms. The van der Waals surface area contributed by atoms with Crippen LogP contribution in [0.3, 0.4) is 0 Å². The second kappa shape index (κ2) is 6.07. The van der Waals surface area contributed by atoms with Gasteiger partial charge in [-0.3, -0.25) is 4.79 Å². The summed E-state index contributed by atoms with van der Waals surface area (Å²) in [6.45, 7) is 1.89. The third-order valence-corrected chi connectivity index (χ3v) is 4.32. The molecule has 0 saturated carbocycles. The van der Waals surface area contributed by atoms with E-state index in [1.54, 1.807) is 10.7 Å². The first-order chi connectivity index (χ1) is 12.2. The van der Waals surface area contributed by atoms with Gasteiger partial charge < -0.3 is 10.3 Å². The molecule has 0 bridgehead atoms. The molecule has 25 heavy (non-hydrogen) atoms. The lowest BCUT2D eigenvalue weighted by molar-refractivity contribution is -0.105. The Kier molecular flexibility index (Phi) is 3.74. The first-order valence-corrected chi connectivity index (χ1v) is 8.06. The van der Waals surface area contributed by atoms with E-state index in [4.69, 9.17) is 11.6 Å². The number of para-hydroxylation sites is 2. The molecule has 0 saturated heterocycles. The van der Waals surface area contributed by atoms with Crippen molar-refractivity contribution in [3.05, 3.63) is 59.4 Å². The summed E-state index contributed by atoms with van der Waals surface area (Å²) in [5, 5.41) is 7.68. The number of aryl methyl sites for hydroxylation is 1. The van der Waals surface area contributed by atoms with Crippen LogP contribution in [0.25, 0.3) is 28.1 Å². The van der Waals surface area contributed by atoms with Crippen molar-refractivity contribution in [1.82, 2.24) is 19.7 Å². The summed E-state index contributed by atoms with van der Waals surface area (Å²) < 4.78 is 1.68. The Bertz CT molecular complexity index is 1070. The Morgan fingerprint density at radius 1 is 1.16 bits per heavy atom. The van der Waals surface area contributed by atoms with Gasteiger partial charge in [-0.05, 0) is 31.2 Å². The minimum Gasteiger partial charge on any atom is -0.338 e. The highest BCUT2D eigenvalue weighted by Gasteiger charge is 2.20. The van der Waals surface area contributed by atoms with Crippen molar-refractivity contribution in [3.63, 3.8) is 0 Å². The summed E-state index contributed by atoms with van der Waals surface area (Å²) in [5.74, 6) is 0.611. The van der Waals surface area contributed by atoms with Crippen molar-refractivity contribution in [3.8, 4) is 17.1 Å². The number of rotatable bonds is 4. The maximum absolute atomic E-state index is 10.8. The SMILES string of the molecule is Cc1nn(-c2ccccc2)c(Cl)c1-c1nc2c(NC=O)cccc2[nH]1. The molecule has 2 aromatic heterocycles. The highest BCUT2D eigenvalue weighted by molar-refractivity contribution is 6.32. The van der Waals surface area contributed by atoms with Crippen LogP contribution in [0.15, 0.2) is 48.5 Å². The summed E-state index contributed by atoms with van der Waals surface area (Å²) in [6.07, 6.45) is 0.634. The van der Waals surface area contributed by atoms with Gasteiger partial charge in [0.2, 0.25) is 6.41 Å². The number of aromatic amines is 1. The number of nitrogens with one attached hydrogen (secondary N) is 2. The van der Waals surface area contributed by atoms with Gasteiger partial charge in [-0.25, -0.2) is 9.67 Å². The number of hydrogen-bond donors (Lipinski definition) is 2. The zero-order chi connectivity index (χ0) is 17.4. The van der Waals surface area contributed by atoms with Crippen molar-refractivity contribution < 1.29 is 4.79 Å². The molecule has 7 heteroatoms. The standard InChI is InChI=1S/C18H14ClN5O/c1-11-15(17(19)24(23-11)12-6-3-2-4-7-12)18-21-14-9-5-8-13(20-10-25)16(14)22-18/h2-10H,1H3,(H,20,25)(H,21,22). The molecule has 0 radical (unpaired) electrons. The minimum absolute atomic E-state index is 0.479. The molecular formula is C18H14ClN5O. The van der Waals surface area contributed by atoms with Crippen LogP contribution >= 0.6 is 11.6 Å². The average molecular weight is 352 g/mol. The fourth-order valence-electron chi connectivity index (χ4n) is 2.84. The lowest BCUT2D eigenvalue weighted by Gasteiger charge is -2.02. The number of H-pyrrole nitrogens is 1.